The SMILES string of the molecule is CCCCCCC(=O)N1CCC2(CC1)NC(=O)N(C(C)C)C2=O. The maximum Gasteiger partial charge on any atom is 0.325 e. The standard InChI is InChI=1S/C17H29N3O3/c1-4-5-6-7-8-14(21)19-11-9-17(10-12-19)15(22)20(13(2)3)16(23)18-17/h13H,4-12H2,1-3H3,(H,18,23). The second-order valence-corrected chi connectivity index (χ2v) is 6.97. The van der Waals surface area contributed by atoms with Crippen LogP contribution in [-0.2, 0) is 9.59 Å². The van der Waals surface area contributed by atoms with Crippen LogP contribution in [0.4, 0.5) is 4.79 Å². The second-order valence-electron chi connectivity index (χ2n) is 6.97. The average Bonchev–Trinajstić information content (AvgIpc) is 2.75. The van der Waals surface area contributed by atoms with E-state index in [-0.39, 0.29) is 23.9 Å². The van der Waals surface area contributed by atoms with Gasteiger partial charge in [0.1, 0.15) is 5.54 Å². The molecule has 130 valence electrons. The molecule has 2 aliphatic heterocycles. The van der Waals surface area contributed by atoms with E-state index in [0.29, 0.717) is 32.4 Å². The zero-order valence-electron chi connectivity index (χ0n) is 14.6. The third kappa shape index (κ3) is 3.67. The molecule has 2 saturated heterocycles. The lowest BCUT2D eigenvalue weighted by Crippen LogP contribution is -2.56. The number of hydrogen-bond acceptors (Lipinski definition) is 3. The van der Waals surface area contributed by atoms with Crippen LogP contribution >= 0.6 is 0 Å². The molecule has 0 atom stereocenters. The maximum atomic E-state index is 12.6. The molecule has 0 aliphatic carbocycles. The summed E-state index contributed by atoms with van der Waals surface area (Å²) in [6, 6.07) is -0.440. The van der Waals surface area contributed by atoms with Gasteiger partial charge < -0.3 is 10.2 Å². The molecule has 6 heteroatoms. The minimum atomic E-state index is -0.791. The third-order valence-corrected chi connectivity index (χ3v) is 4.92. The van der Waals surface area contributed by atoms with Crippen LogP contribution in [0.2, 0.25) is 0 Å². The first-order chi connectivity index (χ1) is 10.9. The molecule has 6 nitrogen and oxygen atoms in total. The van der Waals surface area contributed by atoms with E-state index in [1.807, 2.05) is 18.7 Å². The van der Waals surface area contributed by atoms with Crippen molar-refractivity contribution < 1.29 is 14.4 Å². The van der Waals surface area contributed by atoms with Crippen molar-refractivity contribution in [3.05, 3.63) is 0 Å². The Morgan fingerprint density at radius 1 is 1.17 bits per heavy atom. The molecule has 0 aromatic rings. The zero-order valence-corrected chi connectivity index (χ0v) is 14.6. The van der Waals surface area contributed by atoms with E-state index in [4.69, 9.17) is 0 Å². The monoisotopic (exact) mass is 323 g/mol. The fourth-order valence-electron chi connectivity index (χ4n) is 3.45. The van der Waals surface area contributed by atoms with Crippen molar-refractivity contribution in [2.75, 3.05) is 13.1 Å². The first-order valence-corrected chi connectivity index (χ1v) is 8.85. The Morgan fingerprint density at radius 3 is 2.35 bits per heavy atom. The molecule has 2 fully saturated rings. The normalized spacial score (nSPS) is 20.5. The summed E-state index contributed by atoms with van der Waals surface area (Å²) in [6.45, 7) is 6.92. The minimum absolute atomic E-state index is 0.132. The Balaban J connectivity index is 1.87. The number of urea groups is 1. The molecule has 2 rings (SSSR count). The summed E-state index contributed by atoms with van der Waals surface area (Å²) in [6.07, 6.45) is 5.98. The van der Waals surface area contributed by atoms with Crippen molar-refractivity contribution in [1.29, 1.82) is 0 Å². The van der Waals surface area contributed by atoms with Gasteiger partial charge in [-0.15, -0.1) is 0 Å². The van der Waals surface area contributed by atoms with E-state index in [2.05, 4.69) is 12.2 Å². The van der Waals surface area contributed by atoms with Crippen molar-refractivity contribution in [2.45, 2.75) is 77.3 Å². The van der Waals surface area contributed by atoms with Gasteiger partial charge in [0.25, 0.3) is 5.91 Å². The second kappa shape index (κ2) is 7.32. The summed E-state index contributed by atoms with van der Waals surface area (Å²) in [5.41, 5.74) is -0.791. The number of carbonyl (C=O) groups is 3. The summed E-state index contributed by atoms with van der Waals surface area (Å²) >= 11 is 0. The highest BCUT2D eigenvalue weighted by Crippen LogP contribution is 2.30. The van der Waals surface area contributed by atoms with Crippen LogP contribution in [0.1, 0.15) is 65.7 Å². The zero-order chi connectivity index (χ0) is 17.0. The first-order valence-electron chi connectivity index (χ1n) is 8.85. The van der Waals surface area contributed by atoms with Crippen molar-refractivity contribution in [1.82, 2.24) is 15.1 Å². The quantitative estimate of drug-likeness (QED) is 0.602. The molecular weight excluding hydrogens is 294 g/mol. The molecule has 23 heavy (non-hydrogen) atoms. The predicted octanol–water partition coefficient (Wildman–Crippen LogP) is 2.28. The van der Waals surface area contributed by atoms with Crippen LogP contribution in [0, 0.1) is 0 Å². The summed E-state index contributed by atoms with van der Waals surface area (Å²) in [5, 5.41) is 2.87. The van der Waals surface area contributed by atoms with E-state index < -0.39 is 5.54 Å². The molecule has 4 amide bonds. The summed E-state index contributed by atoms with van der Waals surface area (Å²) in [7, 11) is 0. The van der Waals surface area contributed by atoms with Gasteiger partial charge >= 0.3 is 6.03 Å². The smallest absolute Gasteiger partial charge is 0.325 e. The van der Waals surface area contributed by atoms with Gasteiger partial charge in [-0.25, -0.2) is 4.79 Å². The minimum Gasteiger partial charge on any atom is -0.342 e. The molecule has 0 aromatic heterocycles. The number of likely N-dealkylation sites (tertiary alicyclic amines) is 1. The molecule has 0 radical (unpaired) electrons. The fourth-order valence-corrected chi connectivity index (χ4v) is 3.45. The number of piperidine rings is 1. The number of amides is 4. The Bertz CT molecular complexity index is 468. The highest BCUT2D eigenvalue weighted by atomic mass is 16.2. The van der Waals surface area contributed by atoms with E-state index >= 15 is 0 Å². The topological polar surface area (TPSA) is 69.7 Å². The highest BCUT2D eigenvalue weighted by molar-refractivity contribution is 6.07. The van der Waals surface area contributed by atoms with Crippen molar-refractivity contribution >= 4 is 17.8 Å². The van der Waals surface area contributed by atoms with Crippen LogP contribution in [0.15, 0.2) is 0 Å². The van der Waals surface area contributed by atoms with Gasteiger partial charge in [-0.2, -0.15) is 0 Å². The Kier molecular flexibility index (Phi) is 5.65. The maximum absolute atomic E-state index is 12.6. The number of nitrogens with one attached hydrogen (secondary N) is 1. The molecule has 2 heterocycles. The van der Waals surface area contributed by atoms with Crippen LogP contribution in [0.3, 0.4) is 0 Å². The Hall–Kier alpha value is -1.59. The van der Waals surface area contributed by atoms with E-state index in [9.17, 15) is 14.4 Å². The van der Waals surface area contributed by atoms with Crippen molar-refractivity contribution in [3.8, 4) is 0 Å². The van der Waals surface area contributed by atoms with Crippen LogP contribution in [0.25, 0.3) is 0 Å². The number of imide groups is 1. The van der Waals surface area contributed by atoms with Crippen molar-refractivity contribution in [2.24, 2.45) is 0 Å². The van der Waals surface area contributed by atoms with Gasteiger partial charge in [-0.05, 0) is 33.1 Å². The van der Waals surface area contributed by atoms with Gasteiger partial charge in [-0.3, -0.25) is 14.5 Å². The number of nitrogens with zero attached hydrogens (tertiary/aromatic N) is 2. The van der Waals surface area contributed by atoms with Gasteiger partial charge in [0.05, 0.1) is 0 Å². The lowest BCUT2D eigenvalue weighted by Gasteiger charge is -2.37. The van der Waals surface area contributed by atoms with Crippen LogP contribution in [0.5, 0.6) is 0 Å². The summed E-state index contributed by atoms with van der Waals surface area (Å²) < 4.78 is 0. The molecule has 0 bridgehead atoms. The highest BCUT2D eigenvalue weighted by Gasteiger charge is 2.53. The summed E-state index contributed by atoms with van der Waals surface area (Å²) in [5.74, 6) is 0.0426. The van der Waals surface area contributed by atoms with Gasteiger partial charge in [-0.1, -0.05) is 26.2 Å². The number of unbranched alkanes of at least 4 members (excludes halogenated alkanes) is 3. The number of carbonyl (C=O) groups excluding carboxylic acids is 3. The van der Waals surface area contributed by atoms with E-state index in [0.717, 1.165) is 19.3 Å². The largest absolute Gasteiger partial charge is 0.342 e. The third-order valence-electron chi connectivity index (χ3n) is 4.92. The molecule has 1 spiro atoms. The lowest BCUT2D eigenvalue weighted by atomic mass is 9.87. The number of hydrogen-bond donors (Lipinski definition) is 1. The summed E-state index contributed by atoms with van der Waals surface area (Å²) in [4.78, 5) is 40.0. The lowest BCUT2D eigenvalue weighted by molar-refractivity contribution is -0.139. The van der Waals surface area contributed by atoms with Gasteiger partial charge in [0.2, 0.25) is 5.91 Å². The van der Waals surface area contributed by atoms with Gasteiger partial charge in [0, 0.05) is 25.6 Å². The molecule has 0 saturated carbocycles. The Morgan fingerprint density at radius 2 is 1.83 bits per heavy atom. The van der Waals surface area contributed by atoms with Crippen molar-refractivity contribution in [3.63, 3.8) is 0 Å². The molecule has 0 aromatic carbocycles. The van der Waals surface area contributed by atoms with Gasteiger partial charge in [0.15, 0.2) is 0 Å². The number of rotatable bonds is 6. The molecule has 0 unspecified atom stereocenters. The molecule has 1 N–H and O–H groups in total. The fraction of sp³-hybridized carbons (Fsp3) is 0.824. The Labute approximate surface area is 138 Å². The van der Waals surface area contributed by atoms with Crippen LogP contribution < -0.4 is 5.32 Å². The van der Waals surface area contributed by atoms with Crippen LogP contribution in [-0.4, -0.2) is 52.3 Å². The first kappa shape index (κ1) is 17.8. The molecular formula is C17H29N3O3. The van der Waals surface area contributed by atoms with E-state index in [1.165, 1.54) is 11.3 Å². The average molecular weight is 323 g/mol. The van der Waals surface area contributed by atoms with E-state index in [1.54, 1.807) is 0 Å². The predicted molar refractivity (Wildman–Crippen MR) is 87.8 cm³/mol. The molecule has 2 aliphatic rings.